The van der Waals surface area contributed by atoms with E-state index in [1.165, 1.54) is 0 Å². The van der Waals surface area contributed by atoms with Crippen molar-refractivity contribution in [3.8, 4) is 0 Å². The number of aliphatic carboxylic acids is 1. The summed E-state index contributed by atoms with van der Waals surface area (Å²) in [5.41, 5.74) is -0.743. The molecule has 0 atom stereocenters. The van der Waals surface area contributed by atoms with Crippen LogP contribution < -0.4 is 5.32 Å². The molecule has 1 heterocycles. The number of hydrogen-bond acceptors (Lipinski definition) is 3. The van der Waals surface area contributed by atoms with Crippen molar-refractivity contribution in [3.05, 3.63) is 0 Å². The van der Waals surface area contributed by atoms with E-state index in [-0.39, 0.29) is 12.6 Å². The van der Waals surface area contributed by atoms with Gasteiger partial charge in [0.25, 0.3) is 0 Å². The Morgan fingerprint density at radius 1 is 1.23 bits per heavy atom. The average molecular weight is 324 g/mol. The van der Waals surface area contributed by atoms with Crippen LogP contribution in [-0.4, -0.2) is 54.4 Å². The summed E-state index contributed by atoms with van der Waals surface area (Å²) in [6.07, 6.45) is -2.20. The monoisotopic (exact) mass is 324 g/mol. The van der Waals surface area contributed by atoms with Crippen LogP contribution in [-0.2, 0) is 4.79 Å². The first-order chi connectivity index (χ1) is 10.2. The third-order valence-corrected chi connectivity index (χ3v) is 4.84. The van der Waals surface area contributed by atoms with Gasteiger partial charge in [-0.1, -0.05) is 13.8 Å². The molecule has 1 aliphatic heterocycles. The van der Waals surface area contributed by atoms with Gasteiger partial charge in [-0.05, 0) is 38.8 Å². The van der Waals surface area contributed by atoms with Crippen molar-refractivity contribution in [3.63, 3.8) is 0 Å². The number of rotatable bonds is 8. The van der Waals surface area contributed by atoms with E-state index in [0.29, 0.717) is 32.5 Å². The van der Waals surface area contributed by atoms with E-state index in [4.69, 9.17) is 0 Å². The number of carboxylic acids is 1. The van der Waals surface area contributed by atoms with Crippen LogP contribution in [0.2, 0.25) is 0 Å². The van der Waals surface area contributed by atoms with Gasteiger partial charge in [0.1, 0.15) is 0 Å². The van der Waals surface area contributed by atoms with E-state index >= 15 is 0 Å². The Hall–Kier alpha value is -0.820. The first-order valence-electron chi connectivity index (χ1n) is 7.98. The summed E-state index contributed by atoms with van der Waals surface area (Å²) in [7, 11) is 0. The smallest absolute Gasteiger partial charge is 0.390 e. The Labute approximate surface area is 130 Å². The molecule has 0 amide bonds. The summed E-state index contributed by atoms with van der Waals surface area (Å²) in [5.74, 6) is -0.785. The lowest BCUT2D eigenvalue weighted by molar-refractivity contribution is -0.149. The summed E-state index contributed by atoms with van der Waals surface area (Å²) in [4.78, 5) is 13.3. The van der Waals surface area contributed by atoms with E-state index in [2.05, 4.69) is 5.32 Å². The summed E-state index contributed by atoms with van der Waals surface area (Å²) in [6.45, 7) is 5.48. The predicted molar refractivity (Wildman–Crippen MR) is 78.8 cm³/mol. The molecule has 7 heteroatoms. The van der Waals surface area contributed by atoms with E-state index in [1.807, 2.05) is 18.7 Å². The number of likely N-dealkylation sites (tertiary alicyclic amines) is 1. The maximum atomic E-state index is 12.2. The number of carbonyl (C=O) groups is 1. The standard InChI is InChI=1S/C15H27F3N2O2/c1-3-14(4-2,13(21)22)11-19-12-5-8-20(9-6-12)10-7-15(16,17)18/h12,19H,3-11H2,1-2H3,(H,21,22). The molecular formula is C15H27F3N2O2. The quantitative estimate of drug-likeness (QED) is 0.721. The maximum Gasteiger partial charge on any atom is 0.390 e. The molecule has 0 aromatic carbocycles. The Bertz CT molecular complexity index is 349. The molecule has 1 saturated heterocycles. The van der Waals surface area contributed by atoms with E-state index in [0.717, 1.165) is 12.8 Å². The molecule has 4 nitrogen and oxygen atoms in total. The zero-order valence-electron chi connectivity index (χ0n) is 13.4. The number of carboxylic acid groups (broad SMARTS) is 1. The fourth-order valence-electron chi connectivity index (χ4n) is 2.86. The van der Waals surface area contributed by atoms with Crippen molar-refractivity contribution in [2.75, 3.05) is 26.2 Å². The molecule has 0 spiro atoms. The van der Waals surface area contributed by atoms with Gasteiger partial charge in [0, 0.05) is 19.1 Å². The van der Waals surface area contributed by atoms with Crippen molar-refractivity contribution < 1.29 is 23.1 Å². The van der Waals surface area contributed by atoms with Crippen LogP contribution in [0.3, 0.4) is 0 Å². The average Bonchev–Trinajstić information content (AvgIpc) is 2.47. The normalized spacial score (nSPS) is 18.6. The van der Waals surface area contributed by atoms with Crippen molar-refractivity contribution in [1.82, 2.24) is 10.2 Å². The van der Waals surface area contributed by atoms with Gasteiger partial charge >= 0.3 is 12.1 Å². The second kappa shape index (κ2) is 8.15. The lowest BCUT2D eigenvalue weighted by Gasteiger charge is -2.35. The number of hydrogen-bond donors (Lipinski definition) is 2. The van der Waals surface area contributed by atoms with Crippen LogP contribution in [0.15, 0.2) is 0 Å². The van der Waals surface area contributed by atoms with Gasteiger partial charge in [-0.25, -0.2) is 0 Å². The highest BCUT2D eigenvalue weighted by atomic mass is 19.4. The zero-order chi connectivity index (χ0) is 16.8. The van der Waals surface area contributed by atoms with Crippen LogP contribution in [0, 0.1) is 5.41 Å². The fraction of sp³-hybridized carbons (Fsp3) is 0.933. The molecule has 2 N–H and O–H groups in total. The fourth-order valence-corrected chi connectivity index (χ4v) is 2.86. The Kier molecular flexibility index (Phi) is 7.12. The first kappa shape index (κ1) is 19.2. The Morgan fingerprint density at radius 2 is 1.77 bits per heavy atom. The van der Waals surface area contributed by atoms with Crippen molar-refractivity contribution in [2.45, 2.75) is 58.2 Å². The lowest BCUT2D eigenvalue weighted by Crippen LogP contribution is -2.48. The van der Waals surface area contributed by atoms with Crippen LogP contribution in [0.1, 0.15) is 46.0 Å². The predicted octanol–water partition coefficient (Wildman–Crippen LogP) is 2.88. The topological polar surface area (TPSA) is 52.6 Å². The van der Waals surface area contributed by atoms with Crippen molar-refractivity contribution in [2.24, 2.45) is 5.41 Å². The van der Waals surface area contributed by atoms with Crippen molar-refractivity contribution in [1.29, 1.82) is 0 Å². The van der Waals surface area contributed by atoms with Gasteiger partial charge in [0.2, 0.25) is 0 Å². The SMILES string of the molecule is CCC(CC)(CNC1CCN(CCC(F)(F)F)CC1)C(=O)O. The van der Waals surface area contributed by atoms with E-state index in [9.17, 15) is 23.1 Å². The highest BCUT2D eigenvalue weighted by Crippen LogP contribution is 2.26. The maximum absolute atomic E-state index is 12.2. The first-order valence-corrected chi connectivity index (χ1v) is 7.98. The molecule has 1 aliphatic rings. The minimum absolute atomic E-state index is 0.0548. The number of nitrogens with zero attached hydrogens (tertiary/aromatic N) is 1. The van der Waals surface area contributed by atoms with Gasteiger partial charge in [0.15, 0.2) is 0 Å². The van der Waals surface area contributed by atoms with Crippen LogP contribution >= 0.6 is 0 Å². The molecule has 0 saturated carbocycles. The number of piperidine rings is 1. The van der Waals surface area contributed by atoms with Gasteiger partial charge in [-0.2, -0.15) is 13.2 Å². The largest absolute Gasteiger partial charge is 0.481 e. The molecule has 1 fully saturated rings. The third kappa shape index (κ3) is 5.76. The van der Waals surface area contributed by atoms with Crippen LogP contribution in [0.4, 0.5) is 13.2 Å². The Balaban J connectivity index is 2.35. The second-order valence-electron chi connectivity index (χ2n) is 6.15. The van der Waals surface area contributed by atoms with Gasteiger partial charge in [0.05, 0.1) is 11.8 Å². The molecule has 0 aromatic rings. The minimum Gasteiger partial charge on any atom is -0.481 e. The van der Waals surface area contributed by atoms with Crippen LogP contribution in [0.5, 0.6) is 0 Å². The molecule has 0 aliphatic carbocycles. The molecule has 0 aromatic heterocycles. The highest BCUT2D eigenvalue weighted by Gasteiger charge is 2.35. The molecule has 22 heavy (non-hydrogen) atoms. The lowest BCUT2D eigenvalue weighted by atomic mass is 9.82. The summed E-state index contributed by atoms with van der Waals surface area (Å²) < 4.78 is 36.6. The van der Waals surface area contributed by atoms with E-state index < -0.39 is 24.0 Å². The van der Waals surface area contributed by atoms with Gasteiger partial charge in [-0.15, -0.1) is 0 Å². The molecule has 0 unspecified atom stereocenters. The summed E-state index contributed by atoms with van der Waals surface area (Å²) >= 11 is 0. The number of alkyl halides is 3. The second-order valence-corrected chi connectivity index (χ2v) is 6.15. The van der Waals surface area contributed by atoms with Crippen molar-refractivity contribution >= 4 is 5.97 Å². The number of halogens is 3. The summed E-state index contributed by atoms with van der Waals surface area (Å²) in [6, 6.07) is 0.193. The molecule has 1 rings (SSSR count). The van der Waals surface area contributed by atoms with Gasteiger partial charge in [-0.3, -0.25) is 4.79 Å². The zero-order valence-corrected chi connectivity index (χ0v) is 13.4. The Morgan fingerprint density at radius 3 is 2.18 bits per heavy atom. The van der Waals surface area contributed by atoms with Crippen LogP contribution in [0.25, 0.3) is 0 Å². The molecule has 130 valence electrons. The van der Waals surface area contributed by atoms with E-state index in [1.54, 1.807) is 0 Å². The third-order valence-electron chi connectivity index (χ3n) is 4.84. The highest BCUT2D eigenvalue weighted by molar-refractivity contribution is 5.74. The summed E-state index contributed by atoms with van der Waals surface area (Å²) in [5, 5.41) is 12.7. The van der Waals surface area contributed by atoms with Gasteiger partial charge < -0.3 is 15.3 Å². The molecule has 0 bridgehead atoms. The number of nitrogens with one attached hydrogen (secondary N) is 1. The minimum atomic E-state index is -4.10. The molecular weight excluding hydrogens is 297 g/mol. The molecule has 0 radical (unpaired) electrons.